The van der Waals surface area contributed by atoms with Crippen molar-refractivity contribution < 1.29 is 13.2 Å². The second-order valence-electron chi connectivity index (χ2n) is 7.10. The van der Waals surface area contributed by atoms with E-state index < -0.39 is 11.7 Å². The number of halogens is 3. The van der Waals surface area contributed by atoms with Gasteiger partial charge in [0.25, 0.3) is 0 Å². The van der Waals surface area contributed by atoms with Gasteiger partial charge in [0, 0.05) is 11.6 Å². The van der Waals surface area contributed by atoms with Gasteiger partial charge in [0.15, 0.2) is 0 Å². The lowest BCUT2D eigenvalue weighted by atomic mass is 9.74. The maximum Gasteiger partial charge on any atom is 0.416 e. The summed E-state index contributed by atoms with van der Waals surface area (Å²) in [6, 6.07) is 9.81. The van der Waals surface area contributed by atoms with E-state index in [1.54, 1.807) is 12.1 Å². The molecule has 1 aliphatic carbocycles. The summed E-state index contributed by atoms with van der Waals surface area (Å²) in [6.07, 6.45) is 0.717. The quantitative estimate of drug-likeness (QED) is 0.613. The van der Waals surface area contributed by atoms with Crippen LogP contribution in [0.2, 0.25) is 0 Å². The van der Waals surface area contributed by atoms with Gasteiger partial charge in [-0.15, -0.1) is 0 Å². The van der Waals surface area contributed by atoms with Crippen molar-refractivity contribution in [2.75, 3.05) is 5.32 Å². The number of hydrogen-bond donors (Lipinski definition) is 1. The van der Waals surface area contributed by atoms with Crippen LogP contribution in [0, 0.1) is 19.8 Å². The average molecular weight is 343 g/mol. The van der Waals surface area contributed by atoms with Gasteiger partial charge in [0.2, 0.25) is 0 Å². The Morgan fingerprint density at radius 2 is 1.84 bits per heavy atom. The van der Waals surface area contributed by atoms with Crippen LogP contribution in [0.3, 0.4) is 0 Å². The topological polar surface area (TPSA) is 12.0 Å². The molecule has 2 aromatic rings. The molecule has 4 heteroatoms. The summed E-state index contributed by atoms with van der Waals surface area (Å²) in [4.78, 5) is 0. The zero-order valence-corrected chi connectivity index (χ0v) is 14.2. The maximum absolute atomic E-state index is 13.5. The molecule has 0 radical (unpaired) electrons. The molecular formula is C21H20F3N. The fraction of sp³-hybridized carbons (Fsp3) is 0.333. The first-order valence-corrected chi connectivity index (χ1v) is 8.56. The van der Waals surface area contributed by atoms with Crippen LogP contribution >= 0.6 is 0 Å². The largest absolute Gasteiger partial charge is 0.416 e. The minimum absolute atomic E-state index is 0.109. The van der Waals surface area contributed by atoms with Gasteiger partial charge in [0.1, 0.15) is 0 Å². The van der Waals surface area contributed by atoms with Crippen LogP contribution in [0.25, 0.3) is 0 Å². The Labute approximate surface area is 145 Å². The Morgan fingerprint density at radius 1 is 1.08 bits per heavy atom. The molecule has 0 aromatic heterocycles. The highest BCUT2D eigenvalue weighted by Gasteiger charge is 2.42. The molecule has 2 aromatic carbocycles. The molecule has 130 valence electrons. The van der Waals surface area contributed by atoms with Crippen molar-refractivity contribution in [3.05, 3.63) is 76.4 Å². The SMILES string of the molecule is Cc1cc(C)c2c(c1)N[C@H](c1ccccc1C(F)(F)F)[C@@H]1CC=C[C@H]21. The fourth-order valence-electron chi connectivity index (χ4n) is 4.48. The van der Waals surface area contributed by atoms with E-state index in [9.17, 15) is 13.2 Å². The summed E-state index contributed by atoms with van der Waals surface area (Å²) in [6.45, 7) is 4.10. The van der Waals surface area contributed by atoms with E-state index in [0.717, 1.165) is 17.7 Å². The summed E-state index contributed by atoms with van der Waals surface area (Å²) >= 11 is 0. The van der Waals surface area contributed by atoms with E-state index in [0.29, 0.717) is 5.56 Å². The predicted molar refractivity (Wildman–Crippen MR) is 93.7 cm³/mol. The van der Waals surface area contributed by atoms with Gasteiger partial charge >= 0.3 is 6.18 Å². The van der Waals surface area contributed by atoms with Gasteiger partial charge < -0.3 is 5.32 Å². The van der Waals surface area contributed by atoms with Crippen LogP contribution in [0.5, 0.6) is 0 Å². The molecule has 0 bridgehead atoms. The molecule has 1 nitrogen and oxygen atoms in total. The molecule has 2 aliphatic rings. The fourth-order valence-corrected chi connectivity index (χ4v) is 4.48. The molecule has 0 saturated heterocycles. The van der Waals surface area contributed by atoms with E-state index >= 15 is 0 Å². The van der Waals surface area contributed by atoms with Crippen molar-refractivity contribution in [3.63, 3.8) is 0 Å². The second-order valence-corrected chi connectivity index (χ2v) is 7.10. The maximum atomic E-state index is 13.5. The predicted octanol–water partition coefficient (Wildman–Crippen LogP) is 6.15. The van der Waals surface area contributed by atoms with Crippen molar-refractivity contribution in [3.8, 4) is 0 Å². The standard InChI is InChI=1S/C21H20F3N/c1-12-10-13(2)19-14-7-5-8-15(14)20(25-18(19)11-12)16-6-3-4-9-17(16)21(22,23)24/h3-7,9-11,14-15,20,25H,8H2,1-2H3/t14-,15+,20-/m0/s1. The first-order chi connectivity index (χ1) is 11.9. The summed E-state index contributed by atoms with van der Waals surface area (Å²) < 4.78 is 40.6. The smallest absolute Gasteiger partial charge is 0.378 e. The Morgan fingerprint density at radius 3 is 2.60 bits per heavy atom. The molecule has 0 saturated carbocycles. The van der Waals surface area contributed by atoms with Gasteiger partial charge in [0.05, 0.1) is 11.6 Å². The van der Waals surface area contributed by atoms with Crippen molar-refractivity contribution in [1.29, 1.82) is 0 Å². The minimum atomic E-state index is -4.34. The van der Waals surface area contributed by atoms with E-state index in [-0.39, 0.29) is 17.9 Å². The second kappa shape index (κ2) is 5.65. The molecule has 1 heterocycles. The van der Waals surface area contributed by atoms with Crippen LogP contribution in [0.4, 0.5) is 18.9 Å². The number of hydrogen-bond acceptors (Lipinski definition) is 1. The van der Waals surface area contributed by atoms with Crippen molar-refractivity contribution in [2.45, 2.75) is 38.4 Å². The van der Waals surface area contributed by atoms with Crippen LogP contribution in [-0.4, -0.2) is 0 Å². The van der Waals surface area contributed by atoms with Gasteiger partial charge in [-0.1, -0.05) is 36.4 Å². The van der Waals surface area contributed by atoms with Gasteiger partial charge in [-0.3, -0.25) is 0 Å². The third kappa shape index (κ3) is 2.64. The summed E-state index contributed by atoms with van der Waals surface area (Å²) in [7, 11) is 0. The van der Waals surface area contributed by atoms with E-state index in [2.05, 4.69) is 30.5 Å². The lowest BCUT2D eigenvalue weighted by molar-refractivity contribution is -0.138. The number of nitrogens with one attached hydrogen (secondary N) is 1. The molecular weight excluding hydrogens is 323 g/mol. The molecule has 0 fully saturated rings. The number of anilines is 1. The van der Waals surface area contributed by atoms with E-state index in [1.807, 2.05) is 13.0 Å². The number of allylic oxidation sites excluding steroid dienone is 2. The van der Waals surface area contributed by atoms with Crippen LogP contribution in [-0.2, 0) is 6.18 Å². The molecule has 1 N–H and O–H groups in total. The Hall–Kier alpha value is -2.23. The first-order valence-electron chi connectivity index (χ1n) is 8.56. The number of fused-ring (bicyclic) bond motifs is 3. The van der Waals surface area contributed by atoms with E-state index in [4.69, 9.17) is 0 Å². The van der Waals surface area contributed by atoms with Crippen LogP contribution < -0.4 is 5.32 Å². The molecule has 25 heavy (non-hydrogen) atoms. The Balaban J connectivity index is 1.86. The summed E-state index contributed by atoms with van der Waals surface area (Å²) in [5.74, 6) is 0.278. The molecule has 1 aliphatic heterocycles. The van der Waals surface area contributed by atoms with Crippen LogP contribution in [0.15, 0.2) is 48.6 Å². The van der Waals surface area contributed by atoms with Crippen LogP contribution in [0.1, 0.15) is 46.2 Å². The molecule has 0 unspecified atom stereocenters. The zero-order valence-electron chi connectivity index (χ0n) is 14.2. The number of rotatable bonds is 1. The molecule has 0 amide bonds. The van der Waals surface area contributed by atoms with Gasteiger partial charge in [-0.05, 0) is 60.6 Å². The molecule has 0 spiro atoms. The highest BCUT2D eigenvalue weighted by molar-refractivity contribution is 5.64. The highest BCUT2D eigenvalue weighted by atomic mass is 19.4. The lowest BCUT2D eigenvalue weighted by Gasteiger charge is -2.39. The van der Waals surface area contributed by atoms with Gasteiger partial charge in [-0.25, -0.2) is 0 Å². The monoisotopic (exact) mass is 343 g/mol. The lowest BCUT2D eigenvalue weighted by Crippen LogP contribution is -2.31. The highest BCUT2D eigenvalue weighted by Crippen LogP contribution is 2.52. The first kappa shape index (κ1) is 16.2. The third-order valence-corrected chi connectivity index (χ3v) is 5.42. The average Bonchev–Trinajstić information content (AvgIpc) is 3.02. The van der Waals surface area contributed by atoms with Gasteiger partial charge in [-0.2, -0.15) is 13.2 Å². The summed E-state index contributed by atoms with van der Waals surface area (Å²) in [5, 5.41) is 3.44. The number of aryl methyl sites for hydroxylation is 2. The zero-order chi connectivity index (χ0) is 17.8. The van der Waals surface area contributed by atoms with E-state index in [1.165, 1.54) is 23.3 Å². The normalized spacial score (nSPS) is 24.6. The third-order valence-electron chi connectivity index (χ3n) is 5.42. The Bertz CT molecular complexity index is 851. The molecule has 3 atom stereocenters. The molecule has 4 rings (SSSR count). The minimum Gasteiger partial charge on any atom is -0.378 e. The van der Waals surface area contributed by atoms with Crippen molar-refractivity contribution in [2.24, 2.45) is 5.92 Å². The summed E-state index contributed by atoms with van der Waals surface area (Å²) in [5.41, 5.74) is 4.32. The number of benzene rings is 2. The van der Waals surface area contributed by atoms with Crippen molar-refractivity contribution >= 4 is 5.69 Å². The number of alkyl halides is 3. The Kier molecular flexibility index (Phi) is 3.67. The van der Waals surface area contributed by atoms with Crippen molar-refractivity contribution in [1.82, 2.24) is 0 Å².